The largest absolute Gasteiger partial charge is 0.455 e. The zero-order valence-corrected chi connectivity index (χ0v) is 12.3. The quantitative estimate of drug-likeness (QED) is 0.698. The van der Waals surface area contributed by atoms with E-state index >= 15 is 0 Å². The molecule has 3 rings (SSSR count). The van der Waals surface area contributed by atoms with Gasteiger partial charge >= 0.3 is 0 Å². The maximum Gasteiger partial charge on any atom is 0.236 e. The van der Waals surface area contributed by atoms with Crippen molar-refractivity contribution in [3.63, 3.8) is 0 Å². The van der Waals surface area contributed by atoms with Crippen LogP contribution in [0.3, 0.4) is 0 Å². The van der Waals surface area contributed by atoms with Crippen molar-refractivity contribution in [1.29, 1.82) is 0 Å². The lowest BCUT2D eigenvalue weighted by Gasteiger charge is -1.96. The van der Waals surface area contributed by atoms with Crippen molar-refractivity contribution < 1.29 is 9.21 Å². The maximum atomic E-state index is 11.0. The van der Waals surface area contributed by atoms with Gasteiger partial charge in [0.25, 0.3) is 0 Å². The molecule has 5 nitrogen and oxygen atoms in total. The lowest BCUT2D eigenvalue weighted by molar-refractivity contribution is -0.116. The number of hydrogen-bond acceptors (Lipinski definition) is 5. The van der Waals surface area contributed by atoms with Gasteiger partial charge in [0.2, 0.25) is 5.91 Å². The molecule has 1 N–H and O–H groups in total. The number of rotatable bonds is 3. The number of nitrogens with zero attached hydrogens (tertiary/aromatic N) is 2. The SMILES string of the molecule is O=C1CS/C(=N/N=C\c2ccc(-c3cccc(Cl)c3)o2)N1. The molecule has 0 unspecified atom stereocenters. The first-order chi connectivity index (χ1) is 10.2. The van der Waals surface area contributed by atoms with Crippen LogP contribution in [-0.2, 0) is 4.79 Å². The molecule has 1 aromatic carbocycles. The maximum absolute atomic E-state index is 11.0. The van der Waals surface area contributed by atoms with Crippen molar-refractivity contribution in [2.45, 2.75) is 0 Å². The normalized spacial score (nSPS) is 16.8. The van der Waals surface area contributed by atoms with E-state index in [0.717, 1.165) is 5.56 Å². The van der Waals surface area contributed by atoms with E-state index in [2.05, 4.69) is 15.5 Å². The Labute approximate surface area is 130 Å². The van der Waals surface area contributed by atoms with E-state index in [-0.39, 0.29) is 5.91 Å². The summed E-state index contributed by atoms with van der Waals surface area (Å²) in [5.74, 6) is 1.60. The number of hydrogen-bond donors (Lipinski definition) is 1. The van der Waals surface area contributed by atoms with Gasteiger partial charge in [-0.3, -0.25) is 4.79 Å². The average Bonchev–Trinajstić information content (AvgIpc) is 3.08. The van der Waals surface area contributed by atoms with Crippen LogP contribution in [-0.4, -0.2) is 23.0 Å². The Hall–Kier alpha value is -2.05. The summed E-state index contributed by atoms with van der Waals surface area (Å²) in [4.78, 5) is 11.0. The number of thioether (sulfide) groups is 1. The summed E-state index contributed by atoms with van der Waals surface area (Å²) in [5.41, 5.74) is 0.895. The molecule has 0 atom stereocenters. The molecule has 7 heteroatoms. The Kier molecular flexibility index (Phi) is 4.08. The number of amidine groups is 1. The zero-order chi connectivity index (χ0) is 14.7. The topological polar surface area (TPSA) is 67.0 Å². The molecule has 1 saturated heterocycles. The Balaban J connectivity index is 1.72. The Morgan fingerprint density at radius 2 is 2.24 bits per heavy atom. The van der Waals surface area contributed by atoms with Gasteiger partial charge in [0, 0.05) is 10.6 Å². The fraction of sp³-hybridized carbons (Fsp3) is 0.0714. The molecule has 1 aliphatic heterocycles. The van der Waals surface area contributed by atoms with Gasteiger partial charge < -0.3 is 9.73 Å². The molecule has 2 heterocycles. The number of carbonyl (C=O) groups excluding carboxylic acids is 1. The second-order valence-electron chi connectivity index (χ2n) is 4.20. The third kappa shape index (κ3) is 3.53. The Bertz CT molecular complexity index is 739. The van der Waals surface area contributed by atoms with Crippen molar-refractivity contribution >= 4 is 40.7 Å². The van der Waals surface area contributed by atoms with Crippen LogP contribution in [0.15, 0.2) is 51.0 Å². The first-order valence-electron chi connectivity index (χ1n) is 6.10. The van der Waals surface area contributed by atoms with Crippen molar-refractivity contribution in [3.8, 4) is 11.3 Å². The lowest BCUT2D eigenvalue weighted by atomic mass is 10.2. The number of amides is 1. The summed E-state index contributed by atoms with van der Waals surface area (Å²) in [6.07, 6.45) is 1.49. The van der Waals surface area contributed by atoms with Crippen LogP contribution in [0.2, 0.25) is 5.02 Å². The van der Waals surface area contributed by atoms with E-state index in [1.807, 2.05) is 24.3 Å². The van der Waals surface area contributed by atoms with Crippen molar-refractivity contribution in [3.05, 3.63) is 47.2 Å². The van der Waals surface area contributed by atoms with E-state index in [1.165, 1.54) is 18.0 Å². The standard InChI is InChI=1S/C14H10ClN3O2S/c15-10-3-1-2-9(6-10)12-5-4-11(20-12)7-16-18-14-17-13(19)8-21-14/h1-7H,8H2,(H,17,18,19)/b16-7-. The molecule has 0 aliphatic carbocycles. The van der Waals surface area contributed by atoms with Crippen LogP contribution >= 0.6 is 23.4 Å². The van der Waals surface area contributed by atoms with E-state index in [1.54, 1.807) is 12.1 Å². The molecule has 0 radical (unpaired) electrons. The summed E-state index contributed by atoms with van der Waals surface area (Å²) in [5, 5.41) is 11.5. The molecule has 0 saturated carbocycles. The van der Waals surface area contributed by atoms with Crippen LogP contribution in [0, 0.1) is 0 Å². The second-order valence-corrected chi connectivity index (χ2v) is 5.60. The van der Waals surface area contributed by atoms with Crippen LogP contribution in [0.1, 0.15) is 5.76 Å². The lowest BCUT2D eigenvalue weighted by Crippen LogP contribution is -2.19. The monoisotopic (exact) mass is 319 g/mol. The molecule has 0 spiro atoms. The van der Waals surface area contributed by atoms with Crippen molar-refractivity contribution in [2.75, 3.05) is 5.75 Å². The molecule has 2 aromatic rings. The van der Waals surface area contributed by atoms with Crippen LogP contribution in [0.25, 0.3) is 11.3 Å². The van der Waals surface area contributed by atoms with Gasteiger partial charge in [-0.1, -0.05) is 35.5 Å². The molecule has 106 valence electrons. The molecular weight excluding hydrogens is 310 g/mol. The molecule has 1 fully saturated rings. The smallest absolute Gasteiger partial charge is 0.236 e. The minimum Gasteiger partial charge on any atom is -0.455 e. The highest BCUT2D eigenvalue weighted by molar-refractivity contribution is 8.15. The Morgan fingerprint density at radius 1 is 1.33 bits per heavy atom. The summed E-state index contributed by atoms with van der Waals surface area (Å²) in [6.45, 7) is 0. The number of nitrogens with one attached hydrogen (secondary N) is 1. The predicted octanol–water partition coefficient (Wildman–Crippen LogP) is 3.15. The van der Waals surface area contributed by atoms with E-state index < -0.39 is 0 Å². The third-order valence-corrected chi connectivity index (χ3v) is 3.75. The molecular formula is C14H10ClN3O2S. The van der Waals surface area contributed by atoms with Gasteiger partial charge in [0.1, 0.15) is 11.5 Å². The summed E-state index contributed by atoms with van der Waals surface area (Å²) in [7, 11) is 0. The minimum absolute atomic E-state index is 0.0600. The highest BCUT2D eigenvalue weighted by Gasteiger charge is 2.15. The first-order valence-corrected chi connectivity index (χ1v) is 7.46. The average molecular weight is 320 g/mol. The van der Waals surface area contributed by atoms with Gasteiger partial charge in [0.15, 0.2) is 5.17 Å². The summed E-state index contributed by atoms with van der Waals surface area (Å²) in [6, 6.07) is 11.0. The fourth-order valence-electron chi connectivity index (χ4n) is 1.74. The van der Waals surface area contributed by atoms with Crippen LogP contribution in [0.5, 0.6) is 0 Å². The van der Waals surface area contributed by atoms with Gasteiger partial charge in [-0.15, -0.1) is 5.10 Å². The van der Waals surface area contributed by atoms with Gasteiger partial charge in [0.05, 0.1) is 12.0 Å². The van der Waals surface area contributed by atoms with Gasteiger partial charge in [-0.25, -0.2) is 0 Å². The number of carbonyl (C=O) groups is 1. The molecule has 0 bridgehead atoms. The summed E-state index contributed by atoms with van der Waals surface area (Å²) >= 11 is 7.27. The van der Waals surface area contributed by atoms with Crippen molar-refractivity contribution in [1.82, 2.24) is 5.32 Å². The highest BCUT2D eigenvalue weighted by Crippen LogP contribution is 2.24. The molecule has 1 aliphatic rings. The van der Waals surface area contributed by atoms with Gasteiger partial charge in [-0.05, 0) is 24.3 Å². The minimum atomic E-state index is -0.0600. The van der Waals surface area contributed by atoms with E-state index in [4.69, 9.17) is 16.0 Å². The number of furan rings is 1. The van der Waals surface area contributed by atoms with Crippen molar-refractivity contribution in [2.24, 2.45) is 10.2 Å². The second kappa shape index (κ2) is 6.15. The molecule has 1 amide bonds. The van der Waals surface area contributed by atoms with Gasteiger partial charge in [-0.2, -0.15) is 5.10 Å². The van der Waals surface area contributed by atoms with Crippen LogP contribution < -0.4 is 5.32 Å². The van der Waals surface area contributed by atoms with E-state index in [9.17, 15) is 4.79 Å². The third-order valence-electron chi connectivity index (χ3n) is 2.66. The molecule has 21 heavy (non-hydrogen) atoms. The highest BCUT2D eigenvalue weighted by atomic mass is 35.5. The zero-order valence-electron chi connectivity index (χ0n) is 10.7. The summed E-state index contributed by atoms with van der Waals surface area (Å²) < 4.78 is 5.64. The number of benzene rings is 1. The first kappa shape index (κ1) is 13.9. The van der Waals surface area contributed by atoms with Crippen LogP contribution in [0.4, 0.5) is 0 Å². The Morgan fingerprint density at radius 3 is 3.00 bits per heavy atom. The fourth-order valence-corrected chi connectivity index (χ4v) is 2.56. The number of halogens is 1. The van der Waals surface area contributed by atoms with E-state index in [0.29, 0.717) is 27.5 Å². The molecule has 1 aromatic heterocycles. The predicted molar refractivity (Wildman–Crippen MR) is 84.8 cm³/mol.